The van der Waals surface area contributed by atoms with Crippen LogP contribution in [0.3, 0.4) is 0 Å². The second kappa shape index (κ2) is 5.97. The predicted octanol–water partition coefficient (Wildman–Crippen LogP) is 2.15. The lowest BCUT2D eigenvalue weighted by molar-refractivity contribution is -0.120. The summed E-state index contributed by atoms with van der Waals surface area (Å²) in [5, 5.41) is 14.9. The lowest BCUT2D eigenvalue weighted by Crippen LogP contribution is -2.19. The van der Waals surface area contributed by atoms with E-state index in [4.69, 9.17) is 5.11 Å². The Hall–Kier alpha value is -2.14. The highest BCUT2D eigenvalue weighted by Gasteiger charge is 2.01. The highest BCUT2D eigenvalue weighted by molar-refractivity contribution is 7.10. The summed E-state index contributed by atoms with van der Waals surface area (Å²) in [6, 6.07) is 10.4. The number of amides is 1. The van der Waals surface area contributed by atoms with Crippen LogP contribution in [0.2, 0.25) is 0 Å². The molecule has 0 aliphatic heterocycles. The average molecular weight is 260 g/mol. The maximum absolute atomic E-state index is 11.5. The lowest BCUT2D eigenvalue weighted by atomic mass is 10.2. The van der Waals surface area contributed by atoms with E-state index in [2.05, 4.69) is 10.5 Å². The number of benzene rings is 1. The minimum absolute atomic E-state index is 0.146. The molecule has 0 fully saturated rings. The fourth-order valence-corrected chi connectivity index (χ4v) is 2.05. The van der Waals surface area contributed by atoms with E-state index in [1.54, 1.807) is 35.6 Å². The van der Waals surface area contributed by atoms with Crippen LogP contribution in [-0.2, 0) is 11.2 Å². The van der Waals surface area contributed by atoms with Crippen LogP contribution in [0.15, 0.2) is 46.9 Å². The minimum atomic E-state index is -0.146. The third-order valence-corrected chi connectivity index (χ3v) is 3.09. The van der Waals surface area contributed by atoms with Gasteiger partial charge in [0.1, 0.15) is 5.75 Å². The molecule has 0 saturated carbocycles. The van der Waals surface area contributed by atoms with Crippen molar-refractivity contribution in [2.45, 2.75) is 6.42 Å². The molecule has 0 aliphatic carbocycles. The zero-order valence-electron chi connectivity index (χ0n) is 9.54. The Morgan fingerprint density at radius 3 is 2.78 bits per heavy atom. The zero-order valence-corrected chi connectivity index (χ0v) is 10.4. The van der Waals surface area contributed by atoms with Crippen molar-refractivity contribution in [3.63, 3.8) is 0 Å². The van der Waals surface area contributed by atoms with Crippen molar-refractivity contribution in [3.05, 3.63) is 52.2 Å². The number of hydrazone groups is 1. The van der Waals surface area contributed by atoms with E-state index in [0.717, 1.165) is 10.4 Å². The summed E-state index contributed by atoms with van der Waals surface area (Å²) in [5.74, 6) is 0.0568. The van der Waals surface area contributed by atoms with Gasteiger partial charge in [-0.05, 0) is 41.3 Å². The third-order valence-electron chi connectivity index (χ3n) is 2.21. The quantitative estimate of drug-likeness (QED) is 0.653. The molecule has 4 nitrogen and oxygen atoms in total. The number of nitrogens with one attached hydrogen (secondary N) is 1. The van der Waals surface area contributed by atoms with Gasteiger partial charge in [-0.1, -0.05) is 6.07 Å². The molecule has 2 N–H and O–H groups in total. The van der Waals surface area contributed by atoms with E-state index in [-0.39, 0.29) is 11.7 Å². The molecule has 0 saturated heterocycles. The van der Waals surface area contributed by atoms with Gasteiger partial charge >= 0.3 is 0 Å². The van der Waals surface area contributed by atoms with Gasteiger partial charge in [0.05, 0.1) is 12.6 Å². The van der Waals surface area contributed by atoms with E-state index >= 15 is 0 Å². The smallest absolute Gasteiger partial charge is 0.245 e. The Morgan fingerprint density at radius 1 is 1.33 bits per heavy atom. The van der Waals surface area contributed by atoms with Crippen molar-refractivity contribution in [3.8, 4) is 5.75 Å². The van der Waals surface area contributed by atoms with E-state index in [9.17, 15) is 4.79 Å². The number of phenolic OH excluding ortho intramolecular Hbond substituents is 1. The van der Waals surface area contributed by atoms with E-state index < -0.39 is 0 Å². The van der Waals surface area contributed by atoms with Crippen molar-refractivity contribution in [2.24, 2.45) is 5.10 Å². The van der Waals surface area contributed by atoms with Gasteiger partial charge in [-0.3, -0.25) is 4.79 Å². The normalized spacial score (nSPS) is 10.7. The first-order chi connectivity index (χ1) is 8.74. The van der Waals surface area contributed by atoms with Crippen LogP contribution in [0.5, 0.6) is 5.75 Å². The number of rotatable bonds is 4. The summed E-state index contributed by atoms with van der Waals surface area (Å²) in [4.78, 5) is 12.5. The van der Waals surface area contributed by atoms with Crippen molar-refractivity contribution >= 4 is 23.5 Å². The van der Waals surface area contributed by atoms with Crippen LogP contribution in [0, 0.1) is 0 Å². The van der Waals surface area contributed by atoms with Crippen molar-refractivity contribution in [1.82, 2.24) is 5.43 Å². The van der Waals surface area contributed by atoms with Gasteiger partial charge in [-0.15, -0.1) is 11.3 Å². The highest BCUT2D eigenvalue weighted by atomic mass is 32.1. The zero-order chi connectivity index (χ0) is 12.8. The van der Waals surface area contributed by atoms with Crippen molar-refractivity contribution in [2.75, 3.05) is 0 Å². The van der Waals surface area contributed by atoms with Crippen LogP contribution >= 0.6 is 11.3 Å². The standard InChI is InChI=1S/C13H12N2O2S/c16-11-5-3-10(4-6-11)9-14-15-13(17)8-12-2-1-7-18-12/h1-7,9,16H,8H2,(H,15,17)/b14-9-. The van der Waals surface area contributed by atoms with Gasteiger partial charge < -0.3 is 5.11 Å². The molecule has 0 aliphatic rings. The molecule has 18 heavy (non-hydrogen) atoms. The first-order valence-electron chi connectivity index (χ1n) is 5.37. The first kappa shape index (κ1) is 12.3. The summed E-state index contributed by atoms with van der Waals surface area (Å²) in [6.45, 7) is 0. The summed E-state index contributed by atoms with van der Waals surface area (Å²) in [6.07, 6.45) is 1.87. The number of carbonyl (C=O) groups is 1. The number of carbonyl (C=O) groups excluding carboxylic acids is 1. The van der Waals surface area contributed by atoms with Crippen LogP contribution in [-0.4, -0.2) is 17.2 Å². The number of hydrogen-bond donors (Lipinski definition) is 2. The first-order valence-corrected chi connectivity index (χ1v) is 6.25. The van der Waals surface area contributed by atoms with E-state index in [1.807, 2.05) is 17.5 Å². The third kappa shape index (κ3) is 3.71. The second-order valence-electron chi connectivity index (χ2n) is 3.64. The second-order valence-corrected chi connectivity index (χ2v) is 4.67. The summed E-state index contributed by atoms with van der Waals surface area (Å²) >= 11 is 1.54. The van der Waals surface area contributed by atoms with Crippen LogP contribution in [0.25, 0.3) is 0 Å². The summed E-state index contributed by atoms with van der Waals surface area (Å²) < 4.78 is 0. The number of aromatic hydroxyl groups is 1. The van der Waals surface area contributed by atoms with Gasteiger partial charge in [0.2, 0.25) is 5.91 Å². The Balaban J connectivity index is 1.84. The molecule has 1 amide bonds. The van der Waals surface area contributed by atoms with Gasteiger partial charge in [0.15, 0.2) is 0 Å². The van der Waals surface area contributed by atoms with Crippen LogP contribution in [0.1, 0.15) is 10.4 Å². The van der Waals surface area contributed by atoms with E-state index in [1.165, 1.54) is 6.21 Å². The molecule has 0 atom stereocenters. The lowest BCUT2D eigenvalue weighted by Gasteiger charge is -1.97. The number of nitrogens with zero attached hydrogens (tertiary/aromatic N) is 1. The Bertz CT molecular complexity index is 533. The molecule has 1 aromatic heterocycles. The molecule has 1 aromatic carbocycles. The van der Waals surface area contributed by atoms with Crippen molar-refractivity contribution < 1.29 is 9.90 Å². The molecule has 2 aromatic rings. The maximum Gasteiger partial charge on any atom is 0.245 e. The Kier molecular flexibility index (Phi) is 4.09. The monoisotopic (exact) mass is 260 g/mol. The van der Waals surface area contributed by atoms with Gasteiger partial charge in [-0.25, -0.2) is 5.43 Å². The van der Waals surface area contributed by atoms with Crippen LogP contribution < -0.4 is 5.43 Å². The molecule has 1 heterocycles. The molecule has 5 heteroatoms. The molecule has 0 spiro atoms. The SMILES string of the molecule is O=C(Cc1cccs1)N/N=C\c1ccc(O)cc1. The van der Waals surface area contributed by atoms with Gasteiger partial charge in [0, 0.05) is 4.88 Å². The molecule has 2 rings (SSSR count). The average Bonchev–Trinajstić information content (AvgIpc) is 2.84. The number of thiophene rings is 1. The van der Waals surface area contributed by atoms with Gasteiger partial charge in [-0.2, -0.15) is 5.10 Å². The molecule has 0 bridgehead atoms. The fourth-order valence-electron chi connectivity index (χ4n) is 1.35. The highest BCUT2D eigenvalue weighted by Crippen LogP contribution is 2.09. The molecule has 0 radical (unpaired) electrons. The fraction of sp³-hybridized carbons (Fsp3) is 0.0769. The maximum atomic E-state index is 11.5. The summed E-state index contributed by atoms with van der Waals surface area (Å²) in [7, 11) is 0. The Labute approximate surface area is 109 Å². The molecular formula is C13H12N2O2S. The van der Waals surface area contributed by atoms with Gasteiger partial charge in [0.25, 0.3) is 0 Å². The van der Waals surface area contributed by atoms with E-state index in [0.29, 0.717) is 6.42 Å². The molecule has 92 valence electrons. The molecule has 0 unspecified atom stereocenters. The Morgan fingerprint density at radius 2 is 2.11 bits per heavy atom. The molecular weight excluding hydrogens is 248 g/mol. The topological polar surface area (TPSA) is 61.7 Å². The minimum Gasteiger partial charge on any atom is -0.508 e. The van der Waals surface area contributed by atoms with Crippen molar-refractivity contribution in [1.29, 1.82) is 0 Å². The largest absolute Gasteiger partial charge is 0.508 e. The number of phenols is 1. The predicted molar refractivity (Wildman–Crippen MR) is 71.9 cm³/mol. The number of hydrogen-bond acceptors (Lipinski definition) is 4. The summed E-state index contributed by atoms with van der Waals surface area (Å²) in [5.41, 5.74) is 3.27. The van der Waals surface area contributed by atoms with Crippen LogP contribution in [0.4, 0.5) is 0 Å².